The first-order chi connectivity index (χ1) is 16.7. The molecule has 3 N–H and O–H groups in total. The molecule has 2 amide bonds. The number of anilines is 1. The van der Waals surface area contributed by atoms with Crippen molar-refractivity contribution >= 4 is 23.6 Å². The smallest absolute Gasteiger partial charge is 0.408 e. The summed E-state index contributed by atoms with van der Waals surface area (Å²) >= 11 is 0. The van der Waals surface area contributed by atoms with Crippen molar-refractivity contribution in [3.8, 4) is 11.5 Å². The fourth-order valence-corrected chi connectivity index (χ4v) is 4.17. The first-order valence-corrected chi connectivity index (χ1v) is 11.3. The number of Topliss-reactive ketones (excluding diaryl/α,β-unsaturated/α-hetero) is 1. The summed E-state index contributed by atoms with van der Waals surface area (Å²) in [5.41, 5.74) is -0.259. The summed E-state index contributed by atoms with van der Waals surface area (Å²) in [4.78, 5) is 43.9. The minimum atomic E-state index is -1.38. The molecule has 3 rings (SSSR count). The van der Waals surface area contributed by atoms with E-state index in [2.05, 4.69) is 30.7 Å². The Morgan fingerprint density at radius 1 is 1.14 bits per heavy atom. The van der Waals surface area contributed by atoms with Crippen LogP contribution in [0.3, 0.4) is 0 Å². The number of rotatable bonds is 11. The van der Waals surface area contributed by atoms with Gasteiger partial charge in [0, 0.05) is 24.0 Å². The Balaban J connectivity index is 2.02. The molecule has 3 heterocycles. The Labute approximate surface area is 202 Å². The maximum atomic E-state index is 13.5. The van der Waals surface area contributed by atoms with Crippen LogP contribution >= 0.6 is 0 Å². The molecule has 0 aromatic carbocycles. The van der Waals surface area contributed by atoms with Crippen molar-refractivity contribution < 1.29 is 23.9 Å². The van der Waals surface area contributed by atoms with E-state index < -0.39 is 35.3 Å². The molecule has 3 aromatic heterocycles. The molecule has 0 radical (unpaired) electrons. The van der Waals surface area contributed by atoms with Gasteiger partial charge in [0.15, 0.2) is 0 Å². The minimum absolute atomic E-state index is 0.0285. The van der Waals surface area contributed by atoms with E-state index in [0.29, 0.717) is 18.4 Å². The molecule has 0 aliphatic carbocycles. The summed E-state index contributed by atoms with van der Waals surface area (Å²) in [6.45, 7) is 7.20. The predicted octanol–water partition coefficient (Wildman–Crippen LogP) is 3.69. The number of hydrogen-bond donors (Lipinski definition) is 3. The zero-order chi connectivity index (χ0) is 25.6. The fourth-order valence-electron chi connectivity index (χ4n) is 4.17. The Morgan fingerprint density at radius 2 is 1.86 bits per heavy atom. The summed E-state index contributed by atoms with van der Waals surface area (Å²) in [7, 11) is 0. The molecule has 12 nitrogen and oxygen atoms in total. The maximum Gasteiger partial charge on any atom is 0.408 e. The molecule has 0 saturated heterocycles. The number of H-pyrrole nitrogens is 1. The largest absolute Gasteiger partial charge is 0.465 e. The number of nitrogens with zero attached hydrogens (tertiary/aromatic N) is 5. The van der Waals surface area contributed by atoms with E-state index >= 15 is 0 Å². The van der Waals surface area contributed by atoms with Crippen LogP contribution < -0.4 is 5.32 Å². The van der Waals surface area contributed by atoms with E-state index in [0.717, 1.165) is 4.90 Å². The van der Waals surface area contributed by atoms with Crippen molar-refractivity contribution in [3.05, 3.63) is 42.7 Å². The second-order valence-electron chi connectivity index (χ2n) is 8.73. The third kappa shape index (κ3) is 5.70. The summed E-state index contributed by atoms with van der Waals surface area (Å²) in [6, 6.07) is 2.58. The monoisotopic (exact) mass is 483 g/mol. The molecular formula is C23H29N7O5. The Hall–Kier alpha value is -4.09. The highest BCUT2D eigenvalue weighted by Crippen LogP contribution is 2.37. The SMILES string of the molecule is CCCC(C)(C)[C@@H](C(=O)C(=O)Nc1ccn[nH]1)N(C(=O)O)[C@H](CC)c1nnc(-c2ccncc2)o1. The lowest BCUT2D eigenvalue weighted by molar-refractivity contribution is -0.141. The van der Waals surface area contributed by atoms with Crippen molar-refractivity contribution in [1.82, 2.24) is 30.3 Å². The van der Waals surface area contributed by atoms with Crippen LogP contribution in [0, 0.1) is 5.41 Å². The Morgan fingerprint density at radius 3 is 2.43 bits per heavy atom. The maximum absolute atomic E-state index is 13.5. The lowest BCUT2D eigenvalue weighted by atomic mass is 9.76. The number of pyridine rings is 1. The van der Waals surface area contributed by atoms with Crippen molar-refractivity contribution in [2.45, 2.75) is 59.0 Å². The van der Waals surface area contributed by atoms with E-state index in [1.807, 2.05) is 6.92 Å². The summed E-state index contributed by atoms with van der Waals surface area (Å²) in [6.07, 6.45) is 4.59. The second-order valence-corrected chi connectivity index (χ2v) is 8.73. The van der Waals surface area contributed by atoms with Gasteiger partial charge in [-0.05, 0) is 30.4 Å². The first-order valence-electron chi connectivity index (χ1n) is 11.3. The number of ketones is 1. The fraction of sp³-hybridized carbons (Fsp3) is 0.435. The molecule has 12 heteroatoms. The number of carbonyl (C=O) groups is 3. The summed E-state index contributed by atoms with van der Waals surface area (Å²) < 4.78 is 5.82. The highest BCUT2D eigenvalue weighted by molar-refractivity contribution is 6.42. The standard InChI is InChI=1S/C23H29N7O5/c1-5-10-23(3,4)18(17(31)19(32)26-16-9-13-25-27-16)30(22(33)34)15(6-2)21-29-28-20(35-21)14-7-11-24-12-8-14/h7-9,11-13,15,18H,5-6,10H2,1-4H3,(H,33,34)(H2,25,26,27,32)/t15-,18-/m1/s1. The quantitative estimate of drug-likeness (QED) is 0.344. The third-order valence-corrected chi connectivity index (χ3v) is 5.73. The van der Waals surface area contributed by atoms with Gasteiger partial charge in [0.2, 0.25) is 17.6 Å². The van der Waals surface area contributed by atoms with Gasteiger partial charge in [0.1, 0.15) is 17.9 Å². The molecule has 0 aliphatic heterocycles. The van der Waals surface area contributed by atoms with Gasteiger partial charge in [-0.25, -0.2) is 4.79 Å². The number of carboxylic acid groups (broad SMARTS) is 1. The van der Waals surface area contributed by atoms with Crippen molar-refractivity contribution in [1.29, 1.82) is 0 Å². The average Bonchev–Trinajstić information content (AvgIpc) is 3.51. The molecule has 0 spiro atoms. The summed E-state index contributed by atoms with van der Waals surface area (Å²) in [5, 5.41) is 27.1. The number of aromatic amines is 1. The Bertz CT molecular complexity index is 1140. The third-order valence-electron chi connectivity index (χ3n) is 5.73. The minimum Gasteiger partial charge on any atom is -0.465 e. The van der Waals surface area contributed by atoms with Gasteiger partial charge in [-0.3, -0.25) is 24.6 Å². The van der Waals surface area contributed by atoms with Crippen LogP contribution in [0.1, 0.15) is 58.9 Å². The normalized spacial score (nSPS) is 13.1. The van der Waals surface area contributed by atoms with Gasteiger partial charge in [0.05, 0.1) is 6.20 Å². The molecular weight excluding hydrogens is 454 g/mol. The molecule has 0 bridgehead atoms. The van der Waals surface area contributed by atoms with Crippen LogP contribution in [0.15, 0.2) is 41.2 Å². The zero-order valence-corrected chi connectivity index (χ0v) is 20.1. The van der Waals surface area contributed by atoms with Crippen molar-refractivity contribution in [3.63, 3.8) is 0 Å². The first kappa shape index (κ1) is 25.5. The lowest BCUT2D eigenvalue weighted by Crippen LogP contribution is -2.56. The van der Waals surface area contributed by atoms with Gasteiger partial charge in [-0.2, -0.15) is 5.10 Å². The van der Waals surface area contributed by atoms with Crippen molar-refractivity contribution in [2.24, 2.45) is 5.41 Å². The Kier molecular flexibility index (Phi) is 7.94. The molecule has 0 unspecified atom stereocenters. The highest BCUT2D eigenvalue weighted by atomic mass is 16.4. The van der Waals surface area contributed by atoms with Gasteiger partial charge in [-0.15, -0.1) is 10.2 Å². The lowest BCUT2D eigenvalue weighted by Gasteiger charge is -2.41. The van der Waals surface area contributed by atoms with Crippen LogP contribution in [-0.2, 0) is 9.59 Å². The van der Waals surface area contributed by atoms with Crippen LogP contribution in [0.2, 0.25) is 0 Å². The summed E-state index contributed by atoms with van der Waals surface area (Å²) in [5.74, 6) is -1.40. The number of nitrogens with one attached hydrogen (secondary N) is 2. The van der Waals surface area contributed by atoms with Crippen LogP contribution in [0.25, 0.3) is 11.5 Å². The number of amides is 2. The van der Waals surface area contributed by atoms with Gasteiger partial charge in [0.25, 0.3) is 5.91 Å². The van der Waals surface area contributed by atoms with E-state index in [-0.39, 0.29) is 24.0 Å². The molecule has 186 valence electrons. The average molecular weight is 484 g/mol. The van der Waals surface area contributed by atoms with E-state index in [9.17, 15) is 19.5 Å². The number of aromatic nitrogens is 5. The molecule has 35 heavy (non-hydrogen) atoms. The second kappa shape index (κ2) is 10.9. The van der Waals surface area contributed by atoms with Crippen LogP contribution in [-0.4, -0.2) is 59.2 Å². The van der Waals surface area contributed by atoms with Crippen LogP contribution in [0.5, 0.6) is 0 Å². The van der Waals surface area contributed by atoms with Gasteiger partial charge < -0.3 is 14.8 Å². The molecule has 2 atom stereocenters. The molecule has 0 aliphatic rings. The number of hydrogen-bond acceptors (Lipinski definition) is 8. The molecule has 3 aromatic rings. The number of carbonyl (C=O) groups excluding carboxylic acids is 2. The van der Waals surface area contributed by atoms with E-state index in [1.165, 1.54) is 12.3 Å². The van der Waals surface area contributed by atoms with Gasteiger partial charge in [-0.1, -0.05) is 34.1 Å². The van der Waals surface area contributed by atoms with Crippen molar-refractivity contribution in [2.75, 3.05) is 5.32 Å². The predicted molar refractivity (Wildman–Crippen MR) is 125 cm³/mol. The van der Waals surface area contributed by atoms with E-state index in [1.54, 1.807) is 45.3 Å². The van der Waals surface area contributed by atoms with Crippen LogP contribution in [0.4, 0.5) is 10.6 Å². The molecule has 0 saturated carbocycles. The molecule has 0 fully saturated rings. The highest BCUT2D eigenvalue weighted by Gasteiger charge is 2.47. The van der Waals surface area contributed by atoms with E-state index in [4.69, 9.17) is 4.42 Å². The van der Waals surface area contributed by atoms with Gasteiger partial charge >= 0.3 is 6.09 Å². The topological polar surface area (TPSA) is 167 Å². The zero-order valence-electron chi connectivity index (χ0n) is 20.1.